The molecule has 0 spiro atoms. The highest BCUT2D eigenvalue weighted by Gasteiger charge is 2.46. The molecule has 16 heavy (non-hydrogen) atoms. The molecule has 2 rings (SSSR count). The van der Waals surface area contributed by atoms with Crippen molar-refractivity contribution in [1.82, 2.24) is 5.32 Å². The summed E-state index contributed by atoms with van der Waals surface area (Å²) < 4.78 is 31.3. The van der Waals surface area contributed by atoms with E-state index in [1.54, 1.807) is 18.2 Å². The normalized spacial score (nSPS) is 23.4. The van der Waals surface area contributed by atoms with Crippen molar-refractivity contribution >= 4 is 6.09 Å². The zero-order valence-electron chi connectivity index (χ0n) is 8.67. The lowest BCUT2D eigenvalue weighted by Gasteiger charge is -2.31. The first kappa shape index (κ1) is 10.9. The zero-order valence-corrected chi connectivity index (χ0v) is 8.67. The molecule has 5 heteroatoms. The molecular weight excluding hydrogens is 216 g/mol. The van der Waals surface area contributed by atoms with E-state index in [4.69, 9.17) is 0 Å². The summed E-state index contributed by atoms with van der Waals surface area (Å²) in [5, 5.41) is 2.14. The lowest BCUT2D eigenvalue weighted by molar-refractivity contribution is -0.104. The SMILES string of the molecule is Cc1cccc([C@@H]2NC(=O)OCC2(F)F)c1. The first-order valence-corrected chi connectivity index (χ1v) is 4.87. The summed E-state index contributed by atoms with van der Waals surface area (Å²) in [6, 6.07) is 5.38. The molecular formula is C11H11F2NO2. The summed E-state index contributed by atoms with van der Waals surface area (Å²) in [7, 11) is 0. The van der Waals surface area contributed by atoms with Gasteiger partial charge in [-0.1, -0.05) is 29.8 Å². The molecule has 0 saturated carbocycles. The number of nitrogens with one attached hydrogen (secondary N) is 1. The lowest BCUT2D eigenvalue weighted by atomic mass is 9.98. The molecule has 0 aliphatic carbocycles. The Morgan fingerprint density at radius 2 is 2.25 bits per heavy atom. The lowest BCUT2D eigenvalue weighted by Crippen LogP contribution is -2.49. The summed E-state index contributed by atoms with van der Waals surface area (Å²) >= 11 is 0. The van der Waals surface area contributed by atoms with E-state index in [2.05, 4.69) is 10.1 Å². The van der Waals surface area contributed by atoms with Crippen LogP contribution in [0.5, 0.6) is 0 Å². The van der Waals surface area contributed by atoms with Gasteiger partial charge in [-0.15, -0.1) is 0 Å². The maximum absolute atomic E-state index is 13.5. The van der Waals surface area contributed by atoms with Gasteiger partial charge in [-0.05, 0) is 12.5 Å². The van der Waals surface area contributed by atoms with Crippen LogP contribution in [0.1, 0.15) is 17.2 Å². The highest BCUT2D eigenvalue weighted by Crippen LogP contribution is 2.34. The second kappa shape index (κ2) is 3.73. The molecule has 0 unspecified atom stereocenters. The Morgan fingerprint density at radius 3 is 2.94 bits per heavy atom. The van der Waals surface area contributed by atoms with E-state index in [0.29, 0.717) is 5.56 Å². The maximum Gasteiger partial charge on any atom is 0.408 e. The van der Waals surface area contributed by atoms with Crippen molar-refractivity contribution in [1.29, 1.82) is 0 Å². The van der Waals surface area contributed by atoms with Crippen LogP contribution in [0.25, 0.3) is 0 Å². The average Bonchev–Trinajstić information content (AvgIpc) is 2.22. The third-order valence-electron chi connectivity index (χ3n) is 2.46. The van der Waals surface area contributed by atoms with Crippen molar-refractivity contribution in [2.24, 2.45) is 0 Å². The number of aryl methyl sites for hydroxylation is 1. The topological polar surface area (TPSA) is 38.3 Å². The molecule has 0 bridgehead atoms. The molecule has 0 aromatic heterocycles. The predicted molar refractivity (Wildman–Crippen MR) is 53.4 cm³/mol. The van der Waals surface area contributed by atoms with Crippen molar-refractivity contribution in [2.75, 3.05) is 6.61 Å². The number of alkyl halides is 2. The van der Waals surface area contributed by atoms with Gasteiger partial charge in [0.2, 0.25) is 0 Å². The van der Waals surface area contributed by atoms with Crippen LogP contribution >= 0.6 is 0 Å². The van der Waals surface area contributed by atoms with Gasteiger partial charge in [-0.2, -0.15) is 0 Å². The van der Waals surface area contributed by atoms with E-state index < -0.39 is 24.7 Å². The monoisotopic (exact) mass is 227 g/mol. The zero-order chi connectivity index (χ0) is 11.8. The highest BCUT2D eigenvalue weighted by atomic mass is 19.3. The fourth-order valence-electron chi connectivity index (χ4n) is 1.69. The van der Waals surface area contributed by atoms with Crippen LogP contribution < -0.4 is 5.32 Å². The minimum Gasteiger partial charge on any atom is -0.443 e. The van der Waals surface area contributed by atoms with E-state index in [9.17, 15) is 13.6 Å². The molecule has 1 aliphatic heterocycles. The number of carbonyl (C=O) groups excluding carboxylic acids is 1. The van der Waals surface area contributed by atoms with Gasteiger partial charge in [-0.3, -0.25) is 0 Å². The molecule has 1 aromatic carbocycles. The standard InChI is InChI=1S/C11H11F2NO2/c1-7-3-2-4-8(5-7)9-11(12,13)6-16-10(15)14-9/h2-5,9H,6H2,1H3,(H,14,15)/t9-/m0/s1. The van der Waals surface area contributed by atoms with Gasteiger partial charge in [0.1, 0.15) is 6.04 Å². The number of cyclic esters (lactones) is 1. The quantitative estimate of drug-likeness (QED) is 0.800. The van der Waals surface area contributed by atoms with Crippen LogP contribution in [-0.2, 0) is 4.74 Å². The molecule has 1 fully saturated rings. The molecule has 1 N–H and O–H groups in total. The van der Waals surface area contributed by atoms with Gasteiger partial charge >= 0.3 is 12.0 Å². The van der Waals surface area contributed by atoms with Gasteiger partial charge in [0.15, 0.2) is 6.61 Å². The summed E-state index contributed by atoms with van der Waals surface area (Å²) in [6.45, 7) is 0.931. The van der Waals surface area contributed by atoms with Crippen LogP contribution in [0, 0.1) is 6.92 Å². The minimum atomic E-state index is -3.08. The Labute approximate surface area is 91.4 Å². The number of alkyl carbamates (subject to hydrolysis) is 1. The third kappa shape index (κ3) is 1.98. The van der Waals surface area contributed by atoms with Gasteiger partial charge in [0.05, 0.1) is 0 Å². The average molecular weight is 227 g/mol. The Bertz CT molecular complexity index is 420. The van der Waals surface area contributed by atoms with Crippen molar-refractivity contribution in [2.45, 2.75) is 18.9 Å². The van der Waals surface area contributed by atoms with Crippen molar-refractivity contribution in [3.05, 3.63) is 35.4 Å². The number of hydrogen-bond donors (Lipinski definition) is 1. The molecule has 0 radical (unpaired) electrons. The second-order valence-corrected chi connectivity index (χ2v) is 3.83. The molecule has 1 aromatic rings. The van der Waals surface area contributed by atoms with Crippen LogP contribution in [0.15, 0.2) is 24.3 Å². The minimum absolute atomic E-state index is 0.390. The summed E-state index contributed by atoms with van der Waals surface area (Å²) in [5.74, 6) is -3.08. The summed E-state index contributed by atoms with van der Waals surface area (Å²) in [6.07, 6.45) is -0.808. The van der Waals surface area contributed by atoms with E-state index in [1.165, 1.54) is 0 Å². The second-order valence-electron chi connectivity index (χ2n) is 3.83. The molecule has 1 atom stereocenters. The van der Waals surface area contributed by atoms with E-state index in [-0.39, 0.29) is 0 Å². The molecule has 1 aliphatic rings. The van der Waals surface area contributed by atoms with Crippen LogP contribution in [0.3, 0.4) is 0 Å². The van der Waals surface area contributed by atoms with E-state index in [1.807, 2.05) is 13.0 Å². The summed E-state index contributed by atoms with van der Waals surface area (Å²) in [4.78, 5) is 11.0. The van der Waals surface area contributed by atoms with Crippen LogP contribution in [-0.4, -0.2) is 18.6 Å². The smallest absolute Gasteiger partial charge is 0.408 e. The number of hydrogen-bond acceptors (Lipinski definition) is 2. The molecule has 1 saturated heterocycles. The van der Waals surface area contributed by atoms with E-state index >= 15 is 0 Å². The number of amides is 1. The van der Waals surface area contributed by atoms with Crippen LogP contribution in [0.4, 0.5) is 13.6 Å². The Kier molecular flexibility index (Phi) is 2.53. The van der Waals surface area contributed by atoms with Gasteiger partial charge in [0.25, 0.3) is 0 Å². The van der Waals surface area contributed by atoms with Crippen molar-refractivity contribution < 1.29 is 18.3 Å². The van der Waals surface area contributed by atoms with Gasteiger partial charge < -0.3 is 10.1 Å². The van der Waals surface area contributed by atoms with Crippen molar-refractivity contribution in [3.63, 3.8) is 0 Å². The van der Waals surface area contributed by atoms with Crippen LogP contribution in [0.2, 0.25) is 0 Å². The number of rotatable bonds is 1. The number of ether oxygens (including phenoxy) is 1. The maximum atomic E-state index is 13.5. The molecule has 1 heterocycles. The third-order valence-corrected chi connectivity index (χ3v) is 2.46. The Hall–Kier alpha value is -1.65. The van der Waals surface area contributed by atoms with Gasteiger partial charge in [0, 0.05) is 0 Å². The Balaban J connectivity index is 2.33. The molecule has 86 valence electrons. The summed E-state index contributed by atoms with van der Waals surface area (Å²) in [5.41, 5.74) is 1.26. The number of benzene rings is 1. The molecule has 1 amide bonds. The van der Waals surface area contributed by atoms with Crippen molar-refractivity contribution in [3.8, 4) is 0 Å². The number of halogens is 2. The number of carbonyl (C=O) groups is 1. The fourth-order valence-corrected chi connectivity index (χ4v) is 1.69. The highest BCUT2D eigenvalue weighted by molar-refractivity contribution is 5.69. The first-order valence-electron chi connectivity index (χ1n) is 4.87. The first-order chi connectivity index (χ1) is 7.49. The fraction of sp³-hybridized carbons (Fsp3) is 0.364. The predicted octanol–water partition coefficient (Wildman–Crippen LogP) is 2.41. The Morgan fingerprint density at radius 1 is 1.50 bits per heavy atom. The molecule has 3 nitrogen and oxygen atoms in total. The van der Waals surface area contributed by atoms with Gasteiger partial charge in [-0.25, -0.2) is 13.6 Å². The largest absolute Gasteiger partial charge is 0.443 e. The van der Waals surface area contributed by atoms with E-state index in [0.717, 1.165) is 5.56 Å².